The van der Waals surface area contributed by atoms with Crippen molar-refractivity contribution in [1.82, 2.24) is 0 Å². The van der Waals surface area contributed by atoms with Crippen LogP contribution in [0.4, 0.5) is 5.69 Å². The van der Waals surface area contributed by atoms with Gasteiger partial charge in [0.2, 0.25) is 5.91 Å². The van der Waals surface area contributed by atoms with Crippen molar-refractivity contribution in [2.24, 2.45) is 5.92 Å². The highest BCUT2D eigenvalue weighted by atomic mass is 79.9. The molecule has 0 aliphatic carbocycles. The van der Waals surface area contributed by atoms with Gasteiger partial charge in [0, 0.05) is 23.1 Å². The summed E-state index contributed by atoms with van der Waals surface area (Å²) in [7, 11) is 0. The molecule has 1 unspecified atom stereocenters. The molecule has 1 aromatic carbocycles. The minimum Gasteiger partial charge on any atom is -0.312 e. The van der Waals surface area contributed by atoms with Crippen LogP contribution < -0.4 is 4.90 Å². The number of carbonyl (C=O) groups is 1. The Morgan fingerprint density at radius 3 is 2.88 bits per heavy atom. The molecule has 4 heteroatoms. The van der Waals surface area contributed by atoms with Crippen LogP contribution in [-0.2, 0) is 4.79 Å². The second-order valence-corrected chi connectivity index (χ2v) is 5.41. The van der Waals surface area contributed by atoms with Crippen LogP contribution in [-0.4, -0.2) is 18.2 Å². The Kier molecular flexibility index (Phi) is 3.60. The number of benzene rings is 1. The van der Waals surface area contributed by atoms with Crippen LogP contribution in [0.3, 0.4) is 0 Å². The van der Waals surface area contributed by atoms with E-state index in [-0.39, 0.29) is 5.91 Å². The average molecular weight is 300 g/mol. The van der Waals surface area contributed by atoms with Crippen molar-refractivity contribution in [3.63, 3.8) is 0 Å². The lowest BCUT2D eigenvalue weighted by atomic mass is 10.1. The molecule has 1 aromatic rings. The third kappa shape index (κ3) is 2.28. The first-order valence-electron chi connectivity index (χ1n) is 5.29. The van der Waals surface area contributed by atoms with Crippen LogP contribution in [0.1, 0.15) is 12.0 Å². The second-order valence-electron chi connectivity index (χ2n) is 4.19. The van der Waals surface area contributed by atoms with E-state index in [9.17, 15) is 4.79 Å². The van der Waals surface area contributed by atoms with Gasteiger partial charge in [0.25, 0.3) is 0 Å². The van der Waals surface area contributed by atoms with E-state index in [0.29, 0.717) is 12.3 Å². The van der Waals surface area contributed by atoms with E-state index in [0.717, 1.165) is 22.5 Å². The standard InChI is InChI=1S/C12H14BrNOS/c1-8-2-3-10(5-11(8)13)14-6-9(7-16)4-12(14)15/h2-3,5,9,16H,4,6-7H2,1H3. The van der Waals surface area contributed by atoms with Crippen molar-refractivity contribution in [3.8, 4) is 0 Å². The van der Waals surface area contributed by atoms with Gasteiger partial charge in [-0.25, -0.2) is 0 Å². The molecule has 1 aliphatic rings. The quantitative estimate of drug-likeness (QED) is 0.832. The van der Waals surface area contributed by atoms with Crippen LogP contribution in [0, 0.1) is 12.8 Å². The minimum absolute atomic E-state index is 0.204. The van der Waals surface area contributed by atoms with Crippen molar-refractivity contribution in [3.05, 3.63) is 28.2 Å². The normalized spacial score (nSPS) is 20.6. The zero-order chi connectivity index (χ0) is 11.7. The van der Waals surface area contributed by atoms with Crippen molar-refractivity contribution >= 4 is 40.2 Å². The minimum atomic E-state index is 0.204. The highest BCUT2D eigenvalue weighted by Gasteiger charge is 2.29. The Morgan fingerprint density at radius 1 is 1.56 bits per heavy atom. The Labute approximate surface area is 110 Å². The number of rotatable bonds is 2. The third-order valence-electron chi connectivity index (χ3n) is 2.93. The molecule has 0 bridgehead atoms. The van der Waals surface area contributed by atoms with Gasteiger partial charge in [-0.3, -0.25) is 4.79 Å². The van der Waals surface area contributed by atoms with Gasteiger partial charge in [0.05, 0.1) is 0 Å². The maximum absolute atomic E-state index is 11.8. The molecule has 0 saturated carbocycles. The molecule has 2 nitrogen and oxygen atoms in total. The van der Waals surface area contributed by atoms with Crippen LogP contribution >= 0.6 is 28.6 Å². The number of nitrogens with zero attached hydrogens (tertiary/aromatic N) is 1. The molecule has 1 fully saturated rings. The smallest absolute Gasteiger partial charge is 0.227 e. The number of carbonyl (C=O) groups excluding carboxylic acids is 1. The summed E-state index contributed by atoms with van der Waals surface area (Å²) in [5, 5.41) is 0. The fraction of sp³-hybridized carbons (Fsp3) is 0.417. The van der Waals surface area contributed by atoms with Gasteiger partial charge >= 0.3 is 0 Å². The molecule has 1 heterocycles. The molecule has 0 radical (unpaired) electrons. The van der Waals surface area contributed by atoms with Gasteiger partial charge in [-0.15, -0.1) is 0 Å². The first kappa shape index (κ1) is 12.0. The molecular formula is C12H14BrNOS. The number of hydrogen-bond acceptors (Lipinski definition) is 2. The maximum Gasteiger partial charge on any atom is 0.227 e. The molecule has 1 saturated heterocycles. The van der Waals surface area contributed by atoms with Gasteiger partial charge in [-0.05, 0) is 36.3 Å². The first-order valence-corrected chi connectivity index (χ1v) is 6.71. The number of thiol groups is 1. The van der Waals surface area contributed by atoms with E-state index >= 15 is 0 Å². The molecule has 0 spiro atoms. The molecule has 16 heavy (non-hydrogen) atoms. The summed E-state index contributed by atoms with van der Waals surface area (Å²) in [5.41, 5.74) is 2.16. The lowest BCUT2D eigenvalue weighted by Gasteiger charge is -2.17. The van der Waals surface area contributed by atoms with Gasteiger partial charge in [0.1, 0.15) is 0 Å². The topological polar surface area (TPSA) is 20.3 Å². The van der Waals surface area contributed by atoms with E-state index in [4.69, 9.17) is 0 Å². The van der Waals surface area contributed by atoms with E-state index in [1.165, 1.54) is 5.56 Å². The molecule has 0 aromatic heterocycles. The molecule has 86 valence electrons. The highest BCUT2D eigenvalue weighted by molar-refractivity contribution is 9.10. The van der Waals surface area contributed by atoms with E-state index in [1.807, 2.05) is 30.0 Å². The zero-order valence-corrected chi connectivity index (χ0v) is 11.6. The fourth-order valence-electron chi connectivity index (χ4n) is 1.90. The Balaban J connectivity index is 2.24. The molecular weight excluding hydrogens is 286 g/mol. The predicted molar refractivity (Wildman–Crippen MR) is 73.2 cm³/mol. The summed E-state index contributed by atoms with van der Waals surface area (Å²) in [6.07, 6.45) is 0.620. The molecule has 1 aliphatic heterocycles. The van der Waals surface area contributed by atoms with Gasteiger partial charge in [-0.1, -0.05) is 22.0 Å². The Morgan fingerprint density at radius 2 is 2.31 bits per heavy atom. The zero-order valence-electron chi connectivity index (χ0n) is 9.11. The number of aryl methyl sites for hydroxylation is 1. The summed E-state index contributed by atoms with van der Waals surface area (Å²) in [6.45, 7) is 2.83. The number of halogens is 1. The first-order chi connectivity index (χ1) is 7.61. The lowest BCUT2D eigenvalue weighted by Crippen LogP contribution is -2.24. The summed E-state index contributed by atoms with van der Waals surface area (Å²) in [5.74, 6) is 1.36. The van der Waals surface area contributed by atoms with Crippen molar-refractivity contribution in [2.75, 3.05) is 17.2 Å². The average Bonchev–Trinajstić information content (AvgIpc) is 2.64. The van der Waals surface area contributed by atoms with E-state index in [1.54, 1.807) is 0 Å². The van der Waals surface area contributed by atoms with Crippen molar-refractivity contribution < 1.29 is 4.79 Å². The summed E-state index contributed by atoms with van der Waals surface area (Å²) in [6, 6.07) is 6.04. The van der Waals surface area contributed by atoms with Gasteiger partial charge in [-0.2, -0.15) is 12.6 Å². The van der Waals surface area contributed by atoms with Crippen LogP contribution in [0.15, 0.2) is 22.7 Å². The predicted octanol–water partition coefficient (Wildman–Crippen LogP) is 3.04. The van der Waals surface area contributed by atoms with E-state index < -0.39 is 0 Å². The van der Waals surface area contributed by atoms with E-state index in [2.05, 4.69) is 28.6 Å². The number of anilines is 1. The van der Waals surface area contributed by atoms with Crippen molar-refractivity contribution in [1.29, 1.82) is 0 Å². The van der Waals surface area contributed by atoms with Gasteiger partial charge < -0.3 is 4.90 Å². The summed E-state index contributed by atoms with van der Waals surface area (Å²) in [4.78, 5) is 13.7. The molecule has 0 N–H and O–H groups in total. The summed E-state index contributed by atoms with van der Waals surface area (Å²) >= 11 is 7.75. The Hall–Kier alpha value is -0.480. The summed E-state index contributed by atoms with van der Waals surface area (Å²) < 4.78 is 1.05. The fourth-order valence-corrected chi connectivity index (χ4v) is 2.51. The van der Waals surface area contributed by atoms with Crippen LogP contribution in [0.5, 0.6) is 0 Å². The number of hydrogen-bond donors (Lipinski definition) is 1. The molecule has 1 amide bonds. The lowest BCUT2D eigenvalue weighted by molar-refractivity contribution is -0.117. The van der Waals surface area contributed by atoms with Crippen molar-refractivity contribution in [2.45, 2.75) is 13.3 Å². The molecule has 1 atom stereocenters. The monoisotopic (exact) mass is 299 g/mol. The Bertz CT molecular complexity index is 421. The highest BCUT2D eigenvalue weighted by Crippen LogP contribution is 2.29. The third-order valence-corrected chi connectivity index (χ3v) is 4.30. The molecule has 2 rings (SSSR count). The number of amides is 1. The largest absolute Gasteiger partial charge is 0.312 e. The second kappa shape index (κ2) is 4.80. The van der Waals surface area contributed by atoms with Gasteiger partial charge in [0.15, 0.2) is 0 Å². The van der Waals surface area contributed by atoms with Crippen LogP contribution in [0.2, 0.25) is 0 Å². The van der Waals surface area contributed by atoms with Crippen LogP contribution in [0.25, 0.3) is 0 Å². The SMILES string of the molecule is Cc1ccc(N2CC(CS)CC2=O)cc1Br. The maximum atomic E-state index is 11.8.